The molecule has 4 heteroatoms. The average Bonchev–Trinajstić information content (AvgIpc) is 2.19. The van der Waals surface area contributed by atoms with Gasteiger partial charge in [-0.15, -0.1) is 0 Å². The molecule has 0 aromatic heterocycles. The van der Waals surface area contributed by atoms with Crippen LogP contribution in [-0.2, 0) is 0 Å². The molecule has 0 N–H and O–H groups in total. The molecule has 0 fully saturated rings. The Morgan fingerprint density at radius 2 is 1.31 bits per heavy atom. The minimum Gasteiger partial charge on any atom is -0.207 e. The van der Waals surface area contributed by atoms with Gasteiger partial charge in [-0.3, -0.25) is 0 Å². The van der Waals surface area contributed by atoms with Crippen LogP contribution in [0.1, 0.15) is 0 Å². The summed E-state index contributed by atoms with van der Waals surface area (Å²) < 4.78 is 39.5. The van der Waals surface area contributed by atoms with E-state index in [2.05, 4.69) is 0 Å². The van der Waals surface area contributed by atoms with Crippen LogP contribution in [0.25, 0.3) is 11.1 Å². The maximum Gasteiger partial charge on any atom is 0.136 e. The predicted molar refractivity (Wildman–Crippen MR) is 56.8 cm³/mol. The number of hydrogen-bond donors (Lipinski definition) is 0. The second-order valence-corrected chi connectivity index (χ2v) is 3.69. The third-order valence-electron chi connectivity index (χ3n) is 2.14. The van der Waals surface area contributed by atoms with Crippen LogP contribution in [0.4, 0.5) is 13.2 Å². The van der Waals surface area contributed by atoms with Crippen molar-refractivity contribution in [2.45, 2.75) is 0 Å². The van der Waals surface area contributed by atoms with Gasteiger partial charge in [0.1, 0.15) is 17.5 Å². The molecule has 0 atom stereocenters. The maximum atomic E-state index is 13.4. The third kappa shape index (κ3) is 2.04. The van der Waals surface area contributed by atoms with Crippen LogP contribution in [0.15, 0.2) is 36.4 Å². The molecule has 2 aromatic rings. The Balaban J connectivity index is 2.60. The lowest BCUT2D eigenvalue weighted by molar-refractivity contribution is 0.548. The minimum absolute atomic E-state index is 0.252. The highest BCUT2D eigenvalue weighted by molar-refractivity contribution is 6.30. The van der Waals surface area contributed by atoms with E-state index in [4.69, 9.17) is 11.6 Å². The van der Waals surface area contributed by atoms with Crippen molar-refractivity contribution >= 4 is 11.6 Å². The monoisotopic (exact) mass is 242 g/mol. The Bertz CT molecular complexity index is 497. The quantitative estimate of drug-likeness (QED) is 0.694. The summed E-state index contributed by atoms with van der Waals surface area (Å²) in [6, 6.07) is 7.27. The van der Waals surface area contributed by atoms with E-state index in [1.807, 2.05) is 0 Å². The van der Waals surface area contributed by atoms with Crippen molar-refractivity contribution in [1.29, 1.82) is 0 Å². The van der Waals surface area contributed by atoms with Crippen molar-refractivity contribution in [3.63, 3.8) is 0 Å². The number of hydrogen-bond acceptors (Lipinski definition) is 0. The van der Waals surface area contributed by atoms with Gasteiger partial charge in [-0.1, -0.05) is 23.7 Å². The first-order valence-electron chi connectivity index (χ1n) is 4.48. The lowest BCUT2D eigenvalue weighted by Gasteiger charge is -2.05. The molecule has 2 rings (SSSR count). The largest absolute Gasteiger partial charge is 0.207 e. The second-order valence-electron chi connectivity index (χ2n) is 3.25. The number of rotatable bonds is 1. The molecule has 2 aromatic carbocycles. The molecule has 0 saturated heterocycles. The van der Waals surface area contributed by atoms with Gasteiger partial charge in [-0.2, -0.15) is 0 Å². The van der Waals surface area contributed by atoms with Crippen LogP contribution in [0, 0.1) is 17.5 Å². The van der Waals surface area contributed by atoms with E-state index in [1.54, 1.807) is 0 Å². The van der Waals surface area contributed by atoms with E-state index >= 15 is 0 Å². The van der Waals surface area contributed by atoms with Gasteiger partial charge < -0.3 is 0 Å². The van der Waals surface area contributed by atoms with Gasteiger partial charge in [-0.25, -0.2) is 13.2 Å². The SMILES string of the molecule is Fc1cc(F)c(-c2ccc(Cl)cc2)c(F)c1. The Morgan fingerprint density at radius 3 is 1.81 bits per heavy atom. The van der Waals surface area contributed by atoms with Gasteiger partial charge in [0.2, 0.25) is 0 Å². The predicted octanol–water partition coefficient (Wildman–Crippen LogP) is 4.42. The van der Waals surface area contributed by atoms with Gasteiger partial charge in [0.05, 0.1) is 5.56 Å². The fourth-order valence-electron chi connectivity index (χ4n) is 1.43. The minimum atomic E-state index is -0.937. The normalized spacial score (nSPS) is 10.5. The van der Waals surface area contributed by atoms with E-state index in [-0.39, 0.29) is 5.56 Å². The van der Waals surface area contributed by atoms with Gasteiger partial charge >= 0.3 is 0 Å². The zero-order chi connectivity index (χ0) is 11.7. The van der Waals surface area contributed by atoms with Gasteiger partial charge in [-0.05, 0) is 17.7 Å². The summed E-state index contributed by atoms with van der Waals surface area (Å²) in [5.41, 5.74) is 0.0671. The molecule has 0 spiro atoms. The first-order valence-corrected chi connectivity index (χ1v) is 4.86. The van der Waals surface area contributed by atoms with Crippen molar-refractivity contribution in [3.8, 4) is 11.1 Å². The van der Waals surface area contributed by atoms with E-state index in [1.165, 1.54) is 24.3 Å². The highest BCUT2D eigenvalue weighted by atomic mass is 35.5. The van der Waals surface area contributed by atoms with Crippen LogP contribution in [-0.4, -0.2) is 0 Å². The van der Waals surface area contributed by atoms with Crippen LogP contribution >= 0.6 is 11.6 Å². The van der Waals surface area contributed by atoms with E-state index < -0.39 is 17.5 Å². The van der Waals surface area contributed by atoms with E-state index in [0.717, 1.165) is 0 Å². The standard InChI is InChI=1S/C12H6ClF3/c13-8-3-1-7(2-4-8)12-10(15)5-9(14)6-11(12)16/h1-6H. The van der Waals surface area contributed by atoms with Crippen LogP contribution < -0.4 is 0 Å². The second kappa shape index (κ2) is 4.18. The molecule has 0 saturated carbocycles. The molecule has 0 bridgehead atoms. The lowest BCUT2D eigenvalue weighted by atomic mass is 10.0. The van der Waals surface area contributed by atoms with Crippen molar-refractivity contribution < 1.29 is 13.2 Å². The summed E-state index contributed by atoms with van der Waals surface area (Å²) in [5.74, 6) is -2.80. The van der Waals surface area contributed by atoms with E-state index in [0.29, 0.717) is 22.7 Å². The van der Waals surface area contributed by atoms with Crippen LogP contribution in [0.3, 0.4) is 0 Å². The first-order chi connectivity index (χ1) is 7.58. The number of halogens is 4. The lowest BCUT2D eigenvalue weighted by Crippen LogP contribution is -1.92. The molecule has 0 unspecified atom stereocenters. The third-order valence-corrected chi connectivity index (χ3v) is 2.39. The Labute approximate surface area is 95.3 Å². The smallest absolute Gasteiger partial charge is 0.136 e. The molecule has 0 aliphatic carbocycles. The molecular weight excluding hydrogens is 237 g/mol. The molecule has 0 heterocycles. The topological polar surface area (TPSA) is 0 Å². The zero-order valence-electron chi connectivity index (χ0n) is 7.98. The molecular formula is C12H6ClF3. The highest BCUT2D eigenvalue weighted by Gasteiger charge is 2.13. The summed E-state index contributed by atoms with van der Waals surface area (Å²) in [7, 11) is 0. The maximum absolute atomic E-state index is 13.4. The molecule has 82 valence electrons. The highest BCUT2D eigenvalue weighted by Crippen LogP contribution is 2.27. The molecule has 0 nitrogen and oxygen atoms in total. The Hall–Kier alpha value is -1.48. The summed E-state index contributed by atoms with van der Waals surface area (Å²) in [6.45, 7) is 0. The van der Waals surface area contributed by atoms with Gasteiger partial charge in [0.25, 0.3) is 0 Å². The molecule has 16 heavy (non-hydrogen) atoms. The van der Waals surface area contributed by atoms with Crippen molar-refractivity contribution in [3.05, 3.63) is 58.9 Å². The molecule has 0 radical (unpaired) electrons. The zero-order valence-corrected chi connectivity index (χ0v) is 8.73. The fourth-order valence-corrected chi connectivity index (χ4v) is 1.56. The number of benzene rings is 2. The molecule has 0 amide bonds. The summed E-state index contributed by atoms with van der Waals surface area (Å²) in [4.78, 5) is 0. The summed E-state index contributed by atoms with van der Waals surface area (Å²) in [6.07, 6.45) is 0. The fraction of sp³-hybridized carbons (Fsp3) is 0. The Kier molecular flexibility index (Phi) is 2.88. The van der Waals surface area contributed by atoms with Crippen LogP contribution in [0.5, 0.6) is 0 Å². The molecule has 0 aliphatic heterocycles. The Morgan fingerprint density at radius 1 is 0.812 bits per heavy atom. The average molecular weight is 243 g/mol. The van der Waals surface area contributed by atoms with Gasteiger partial charge in [0, 0.05) is 17.2 Å². The van der Waals surface area contributed by atoms with Gasteiger partial charge in [0.15, 0.2) is 0 Å². The first kappa shape index (κ1) is 11.0. The van der Waals surface area contributed by atoms with E-state index in [9.17, 15) is 13.2 Å². The van der Waals surface area contributed by atoms with Crippen molar-refractivity contribution in [1.82, 2.24) is 0 Å². The van der Waals surface area contributed by atoms with Crippen molar-refractivity contribution in [2.75, 3.05) is 0 Å². The molecule has 0 aliphatic rings. The van der Waals surface area contributed by atoms with Crippen LogP contribution in [0.2, 0.25) is 5.02 Å². The van der Waals surface area contributed by atoms with Crippen molar-refractivity contribution in [2.24, 2.45) is 0 Å². The summed E-state index contributed by atoms with van der Waals surface area (Å²) in [5, 5.41) is 0.465. The summed E-state index contributed by atoms with van der Waals surface area (Å²) >= 11 is 5.66.